The summed E-state index contributed by atoms with van der Waals surface area (Å²) in [7, 11) is 1.58. The van der Waals surface area contributed by atoms with E-state index < -0.39 is 0 Å². The summed E-state index contributed by atoms with van der Waals surface area (Å²) in [5.41, 5.74) is 6.54. The number of aromatic nitrogens is 1. The van der Waals surface area contributed by atoms with Gasteiger partial charge in [0, 0.05) is 11.3 Å². The van der Waals surface area contributed by atoms with Crippen LogP contribution in [-0.4, -0.2) is 18.0 Å². The summed E-state index contributed by atoms with van der Waals surface area (Å²) in [5, 5.41) is 2.91. The van der Waals surface area contributed by atoms with Gasteiger partial charge in [-0.2, -0.15) is 0 Å². The molecule has 0 saturated heterocycles. The number of hydrogen-bond acceptors (Lipinski definition) is 4. The van der Waals surface area contributed by atoms with E-state index in [1.165, 1.54) is 12.1 Å². The first-order valence-corrected chi connectivity index (χ1v) is 5.85. The average molecular weight is 278 g/mol. The molecule has 19 heavy (non-hydrogen) atoms. The number of methoxy groups -OCH3 is 1. The first-order chi connectivity index (χ1) is 9.08. The van der Waals surface area contributed by atoms with Gasteiger partial charge >= 0.3 is 0 Å². The molecule has 0 atom stereocenters. The molecule has 0 bridgehead atoms. The Kier molecular flexibility index (Phi) is 3.87. The van der Waals surface area contributed by atoms with Crippen molar-refractivity contribution in [1.82, 2.24) is 4.98 Å². The van der Waals surface area contributed by atoms with Gasteiger partial charge < -0.3 is 15.8 Å². The van der Waals surface area contributed by atoms with Crippen molar-refractivity contribution >= 4 is 29.0 Å². The minimum atomic E-state index is -0.304. The van der Waals surface area contributed by atoms with Gasteiger partial charge in [-0.25, -0.2) is 4.98 Å². The summed E-state index contributed by atoms with van der Waals surface area (Å²) < 4.78 is 5.04. The zero-order valence-corrected chi connectivity index (χ0v) is 10.9. The third kappa shape index (κ3) is 3.35. The highest BCUT2D eigenvalue weighted by molar-refractivity contribution is 6.30. The van der Waals surface area contributed by atoms with E-state index in [9.17, 15) is 4.79 Å². The van der Waals surface area contributed by atoms with Gasteiger partial charge in [-0.15, -0.1) is 0 Å². The second-order valence-corrected chi connectivity index (χ2v) is 4.17. The topological polar surface area (TPSA) is 77.2 Å². The molecule has 3 N–H and O–H groups in total. The Morgan fingerprint density at radius 3 is 2.58 bits per heavy atom. The standard InChI is InChI=1S/C13H12ClN3O2/c1-19-10-4-2-9(3-5-10)16-13(18)8-6-11(14)17-12(15)7-8/h2-7H,1H3,(H2,15,17)(H,16,18). The molecule has 0 aliphatic heterocycles. The highest BCUT2D eigenvalue weighted by Gasteiger charge is 2.08. The van der Waals surface area contributed by atoms with Crippen LogP contribution in [0.4, 0.5) is 11.5 Å². The highest BCUT2D eigenvalue weighted by atomic mass is 35.5. The monoisotopic (exact) mass is 277 g/mol. The molecule has 1 amide bonds. The van der Waals surface area contributed by atoms with Gasteiger partial charge in [-0.3, -0.25) is 4.79 Å². The third-order valence-corrected chi connectivity index (χ3v) is 2.62. The number of rotatable bonds is 3. The molecule has 2 rings (SSSR count). The number of benzene rings is 1. The van der Waals surface area contributed by atoms with Crippen LogP contribution in [0, 0.1) is 0 Å². The number of halogens is 1. The maximum Gasteiger partial charge on any atom is 0.255 e. The number of carbonyl (C=O) groups excluding carboxylic acids is 1. The van der Waals surface area contributed by atoms with Crippen molar-refractivity contribution in [2.24, 2.45) is 0 Å². The predicted molar refractivity (Wildman–Crippen MR) is 74.6 cm³/mol. The van der Waals surface area contributed by atoms with E-state index in [0.717, 1.165) is 0 Å². The molecule has 0 fully saturated rings. The molecule has 5 nitrogen and oxygen atoms in total. The van der Waals surface area contributed by atoms with E-state index >= 15 is 0 Å². The van der Waals surface area contributed by atoms with Crippen molar-refractivity contribution in [1.29, 1.82) is 0 Å². The van der Waals surface area contributed by atoms with Crippen LogP contribution >= 0.6 is 11.6 Å². The zero-order chi connectivity index (χ0) is 13.8. The Morgan fingerprint density at radius 2 is 2.00 bits per heavy atom. The summed E-state index contributed by atoms with van der Waals surface area (Å²) in [6.07, 6.45) is 0. The number of carbonyl (C=O) groups is 1. The summed E-state index contributed by atoms with van der Waals surface area (Å²) >= 11 is 5.75. The predicted octanol–water partition coefficient (Wildman–Crippen LogP) is 2.58. The molecule has 0 saturated carbocycles. The molecule has 1 aromatic heterocycles. The lowest BCUT2D eigenvalue weighted by atomic mass is 10.2. The minimum absolute atomic E-state index is 0.180. The first kappa shape index (κ1) is 13.2. The maximum atomic E-state index is 12.0. The van der Waals surface area contributed by atoms with Gasteiger partial charge in [-0.1, -0.05) is 11.6 Å². The lowest BCUT2D eigenvalue weighted by molar-refractivity contribution is 0.102. The molecule has 6 heteroatoms. The molecule has 0 aliphatic carbocycles. The van der Waals surface area contributed by atoms with Gasteiger partial charge in [0.15, 0.2) is 0 Å². The van der Waals surface area contributed by atoms with Gasteiger partial charge in [0.1, 0.15) is 16.7 Å². The van der Waals surface area contributed by atoms with Crippen molar-refractivity contribution in [3.05, 3.63) is 47.1 Å². The van der Waals surface area contributed by atoms with Crippen LogP contribution in [0.3, 0.4) is 0 Å². The number of nitrogens with one attached hydrogen (secondary N) is 1. The highest BCUT2D eigenvalue weighted by Crippen LogP contribution is 2.17. The number of hydrogen-bond donors (Lipinski definition) is 2. The Labute approximate surface area is 115 Å². The van der Waals surface area contributed by atoms with E-state index in [0.29, 0.717) is 17.0 Å². The fourth-order valence-electron chi connectivity index (χ4n) is 1.53. The third-order valence-electron chi connectivity index (χ3n) is 2.42. The largest absolute Gasteiger partial charge is 0.497 e. The summed E-state index contributed by atoms with van der Waals surface area (Å²) in [6, 6.07) is 9.90. The van der Waals surface area contributed by atoms with E-state index in [4.69, 9.17) is 22.1 Å². The average Bonchev–Trinajstić information content (AvgIpc) is 2.38. The normalized spacial score (nSPS) is 10.0. The Bertz CT molecular complexity index is 579. The summed E-state index contributed by atoms with van der Waals surface area (Å²) in [5.74, 6) is 0.614. The minimum Gasteiger partial charge on any atom is -0.497 e. The van der Waals surface area contributed by atoms with E-state index in [1.807, 2.05) is 0 Å². The van der Waals surface area contributed by atoms with Crippen molar-refractivity contribution in [2.45, 2.75) is 0 Å². The van der Waals surface area contributed by atoms with Crippen LogP contribution in [0.1, 0.15) is 10.4 Å². The number of anilines is 2. The molecule has 2 aromatic rings. The fraction of sp³-hybridized carbons (Fsp3) is 0.0769. The number of pyridine rings is 1. The van der Waals surface area contributed by atoms with Crippen molar-refractivity contribution < 1.29 is 9.53 Å². The number of nitrogen functional groups attached to an aromatic ring is 1. The summed E-state index contributed by atoms with van der Waals surface area (Å²) in [6.45, 7) is 0. The van der Waals surface area contributed by atoms with Crippen LogP contribution in [-0.2, 0) is 0 Å². The van der Waals surface area contributed by atoms with Crippen LogP contribution in [0.5, 0.6) is 5.75 Å². The zero-order valence-electron chi connectivity index (χ0n) is 10.2. The number of nitrogens with zero attached hydrogens (tertiary/aromatic N) is 1. The fourth-order valence-corrected chi connectivity index (χ4v) is 1.74. The van der Waals surface area contributed by atoms with Crippen molar-refractivity contribution in [3.8, 4) is 5.75 Å². The lowest BCUT2D eigenvalue weighted by Gasteiger charge is -2.07. The second kappa shape index (κ2) is 5.58. The maximum absolute atomic E-state index is 12.0. The van der Waals surface area contributed by atoms with Crippen molar-refractivity contribution in [3.63, 3.8) is 0 Å². The molecule has 0 spiro atoms. The van der Waals surface area contributed by atoms with Gasteiger partial charge in [-0.05, 0) is 36.4 Å². The smallest absolute Gasteiger partial charge is 0.255 e. The quantitative estimate of drug-likeness (QED) is 0.846. The van der Waals surface area contributed by atoms with E-state index in [-0.39, 0.29) is 16.9 Å². The number of amides is 1. The van der Waals surface area contributed by atoms with Gasteiger partial charge in [0.2, 0.25) is 0 Å². The Balaban J connectivity index is 2.15. The van der Waals surface area contributed by atoms with Gasteiger partial charge in [0.05, 0.1) is 7.11 Å². The number of ether oxygens (including phenoxy) is 1. The van der Waals surface area contributed by atoms with E-state index in [2.05, 4.69) is 10.3 Å². The first-order valence-electron chi connectivity index (χ1n) is 5.47. The summed E-state index contributed by atoms with van der Waals surface area (Å²) in [4.78, 5) is 15.8. The molecule has 0 aliphatic rings. The van der Waals surface area contributed by atoms with E-state index in [1.54, 1.807) is 31.4 Å². The van der Waals surface area contributed by atoms with Crippen LogP contribution in [0.25, 0.3) is 0 Å². The molecular weight excluding hydrogens is 266 g/mol. The molecule has 98 valence electrons. The van der Waals surface area contributed by atoms with Crippen LogP contribution in [0.15, 0.2) is 36.4 Å². The molecular formula is C13H12ClN3O2. The Morgan fingerprint density at radius 1 is 1.32 bits per heavy atom. The molecule has 1 heterocycles. The molecule has 0 unspecified atom stereocenters. The number of nitrogens with two attached hydrogens (primary N) is 1. The van der Waals surface area contributed by atoms with Crippen LogP contribution in [0.2, 0.25) is 5.15 Å². The lowest BCUT2D eigenvalue weighted by Crippen LogP contribution is -2.12. The van der Waals surface area contributed by atoms with Crippen molar-refractivity contribution in [2.75, 3.05) is 18.2 Å². The van der Waals surface area contributed by atoms with Crippen LogP contribution < -0.4 is 15.8 Å². The molecule has 1 aromatic carbocycles. The molecule has 0 radical (unpaired) electrons. The van der Waals surface area contributed by atoms with Gasteiger partial charge in [0.25, 0.3) is 5.91 Å². The Hall–Kier alpha value is -2.27. The second-order valence-electron chi connectivity index (χ2n) is 3.79. The SMILES string of the molecule is COc1ccc(NC(=O)c2cc(N)nc(Cl)c2)cc1.